The first-order chi connectivity index (χ1) is 21.2. The Morgan fingerprint density at radius 2 is 1.64 bits per heavy atom. The van der Waals surface area contributed by atoms with Crippen LogP contribution in [0.5, 0.6) is 11.5 Å². The molecule has 4 atom stereocenters. The molecule has 222 valence electrons. The summed E-state index contributed by atoms with van der Waals surface area (Å²) in [6.45, 7) is 0.100. The summed E-state index contributed by atoms with van der Waals surface area (Å²) in [5.41, 5.74) is 0.406. The van der Waals surface area contributed by atoms with Gasteiger partial charge in [-0.3, -0.25) is 9.59 Å². The van der Waals surface area contributed by atoms with E-state index in [2.05, 4.69) is 0 Å². The Kier molecular flexibility index (Phi) is 6.40. The van der Waals surface area contributed by atoms with E-state index in [9.17, 15) is 24.3 Å². The van der Waals surface area contributed by atoms with Crippen molar-refractivity contribution < 1.29 is 19.4 Å². The van der Waals surface area contributed by atoms with Crippen LogP contribution in [0, 0.1) is 5.92 Å². The van der Waals surface area contributed by atoms with E-state index in [1.165, 1.54) is 29.6 Å². The smallest absolute Gasteiger partial charge is 0.347 e. The summed E-state index contributed by atoms with van der Waals surface area (Å²) in [5.74, 6) is -2.36. The third kappa shape index (κ3) is 3.72. The number of benzene rings is 3. The Hall–Kier alpha value is -4.89. The normalized spacial score (nSPS) is 24.1. The number of ether oxygens (including phenoxy) is 1. The Balaban J connectivity index is 1.58. The Morgan fingerprint density at radius 3 is 2.32 bits per heavy atom. The molecule has 0 amide bonds. The number of nitrogens with zero attached hydrogens (tertiary/aromatic N) is 3. The van der Waals surface area contributed by atoms with Gasteiger partial charge in [-0.2, -0.15) is 0 Å². The van der Waals surface area contributed by atoms with Crippen LogP contribution in [0.4, 0.5) is 0 Å². The molecule has 0 radical (unpaired) electrons. The van der Waals surface area contributed by atoms with Gasteiger partial charge in [-0.1, -0.05) is 78.3 Å². The third-order valence-corrected chi connectivity index (χ3v) is 9.72. The highest BCUT2D eigenvalue weighted by Crippen LogP contribution is 2.62. The number of carbonyl (C=O) groups is 2. The summed E-state index contributed by atoms with van der Waals surface area (Å²) >= 11 is 6.54. The fraction of sp³-hybridized carbons (Fsp3) is 0.235. The van der Waals surface area contributed by atoms with Gasteiger partial charge in [-0.25, -0.2) is 23.5 Å². The largest absolute Gasteiger partial charge is 0.503 e. The van der Waals surface area contributed by atoms with E-state index in [4.69, 9.17) is 16.3 Å². The molecule has 1 fully saturated rings. The molecule has 1 saturated carbocycles. The highest BCUT2D eigenvalue weighted by Gasteiger charge is 2.63. The van der Waals surface area contributed by atoms with E-state index in [0.717, 1.165) is 4.57 Å². The van der Waals surface area contributed by atoms with Crippen LogP contribution >= 0.6 is 11.6 Å². The lowest BCUT2D eigenvalue weighted by atomic mass is 9.47. The second-order valence-corrected chi connectivity index (χ2v) is 11.8. The topological polar surface area (TPSA) is 113 Å². The SMILES string of the molecule is COc1cc([C@H]2C3=CCn4c(=O)n(C)c(=O)n4[C@@H]3C[C@H]3C(=O)C(c4ccccc4)=CC(=O)[C@@]23c2ccccc2)cc(Cl)c1O. The number of methoxy groups -OCH3 is 1. The van der Waals surface area contributed by atoms with Gasteiger partial charge in [-0.15, -0.1) is 0 Å². The minimum Gasteiger partial charge on any atom is -0.503 e. The van der Waals surface area contributed by atoms with Gasteiger partial charge in [0.05, 0.1) is 30.1 Å². The first-order valence-electron chi connectivity index (χ1n) is 14.3. The summed E-state index contributed by atoms with van der Waals surface area (Å²) in [7, 11) is 2.83. The maximum Gasteiger partial charge on any atom is 0.347 e. The van der Waals surface area contributed by atoms with Crippen molar-refractivity contribution in [3.63, 3.8) is 0 Å². The number of aromatic nitrogens is 3. The standard InChI is InChI=1S/C34H28ClN3O6/c1-36-32(42)37-14-13-22-26(38(37)33(36)43)18-24-30(40)23(19-9-5-3-6-10-19)17-28(39)34(24,21-11-7-4-8-12-21)29(22)20-15-25(35)31(41)27(16-20)44-2/h3-13,15-17,24,26,29,41H,14,18H2,1-2H3/t24-,26+,29-,34-/m0/s1. The van der Waals surface area contributed by atoms with Gasteiger partial charge in [0, 0.05) is 24.5 Å². The van der Waals surface area contributed by atoms with Crippen LogP contribution in [0.1, 0.15) is 35.1 Å². The van der Waals surface area contributed by atoms with Crippen molar-refractivity contribution in [3.8, 4) is 11.5 Å². The van der Waals surface area contributed by atoms with E-state index >= 15 is 0 Å². The zero-order chi connectivity index (χ0) is 30.9. The molecule has 2 heterocycles. The van der Waals surface area contributed by atoms with Crippen molar-refractivity contribution in [3.05, 3.63) is 133 Å². The molecular formula is C34H28ClN3O6. The minimum absolute atomic E-state index is 0.0153. The fourth-order valence-corrected chi connectivity index (χ4v) is 7.76. The van der Waals surface area contributed by atoms with Crippen LogP contribution in [-0.2, 0) is 28.6 Å². The van der Waals surface area contributed by atoms with E-state index in [-0.39, 0.29) is 41.1 Å². The van der Waals surface area contributed by atoms with Gasteiger partial charge in [0.15, 0.2) is 23.1 Å². The average Bonchev–Trinajstić information content (AvgIpc) is 3.27. The van der Waals surface area contributed by atoms with Gasteiger partial charge >= 0.3 is 11.4 Å². The molecule has 9 nitrogen and oxygen atoms in total. The molecule has 7 rings (SSSR count). The summed E-state index contributed by atoms with van der Waals surface area (Å²) in [5, 5.41) is 10.6. The molecule has 44 heavy (non-hydrogen) atoms. The molecule has 3 aliphatic rings. The predicted molar refractivity (Wildman–Crippen MR) is 164 cm³/mol. The zero-order valence-electron chi connectivity index (χ0n) is 23.9. The number of aromatic hydroxyl groups is 1. The Labute approximate surface area is 256 Å². The number of rotatable bonds is 4. The number of carbonyl (C=O) groups excluding carboxylic acids is 2. The number of fused-ring (bicyclic) bond motifs is 4. The number of phenolic OH excluding ortho intramolecular Hbond substituents is 1. The maximum absolute atomic E-state index is 14.9. The van der Waals surface area contributed by atoms with Gasteiger partial charge < -0.3 is 9.84 Å². The molecule has 3 aromatic carbocycles. The van der Waals surface area contributed by atoms with Crippen molar-refractivity contribution in [1.82, 2.24) is 13.9 Å². The number of Topliss-reactive ketones (excluding diaryl/α,β-unsaturated/α-hetero) is 1. The Morgan fingerprint density at radius 1 is 0.955 bits per heavy atom. The first kappa shape index (κ1) is 27.9. The number of hydrogen-bond acceptors (Lipinski definition) is 6. The number of hydrogen-bond donors (Lipinski definition) is 1. The first-order valence-corrected chi connectivity index (χ1v) is 14.6. The molecular weight excluding hydrogens is 582 g/mol. The molecule has 0 spiro atoms. The molecule has 2 aliphatic carbocycles. The summed E-state index contributed by atoms with van der Waals surface area (Å²) in [6, 6.07) is 20.8. The molecule has 10 heteroatoms. The second-order valence-electron chi connectivity index (χ2n) is 11.4. The van der Waals surface area contributed by atoms with Crippen LogP contribution in [-0.4, -0.2) is 37.7 Å². The molecule has 4 aromatic rings. The minimum atomic E-state index is -1.43. The fourth-order valence-electron chi connectivity index (χ4n) is 7.54. The number of halogens is 1. The quantitative estimate of drug-likeness (QED) is 0.348. The van der Waals surface area contributed by atoms with E-state index in [0.29, 0.717) is 27.8 Å². The van der Waals surface area contributed by atoms with Gasteiger partial charge in [-0.05, 0) is 46.9 Å². The van der Waals surface area contributed by atoms with E-state index < -0.39 is 34.7 Å². The lowest BCUT2D eigenvalue weighted by Crippen LogP contribution is -2.58. The van der Waals surface area contributed by atoms with Crippen molar-refractivity contribution in [2.24, 2.45) is 13.0 Å². The van der Waals surface area contributed by atoms with Crippen molar-refractivity contribution >= 4 is 28.7 Å². The number of ketones is 2. The van der Waals surface area contributed by atoms with Crippen molar-refractivity contribution in [2.45, 2.75) is 30.3 Å². The maximum atomic E-state index is 14.9. The predicted octanol–water partition coefficient (Wildman–Crippen LogP) is 4.17. The molecule has 1 aromatic heterocycles. The zero-order valence-corrected chi connectivity index (χ0v) is 24.7. The van der Waals surface area contributed by atoms with Crippen molar-refractivity contribution in [2.75, 3.05) is 7.11 Å². The van der Waals surface area contributed by atoms with Gasteiger partial charge in [0.2, 0.25) is 0 Å². The molecule has 0 bridgehead atoms. The number of phenols is 1. The lowest BCUT2D eigenvalue weighted by molar-refractivity contribution is -0.133. The average molecular weight is 610 g/mol. The molecule has 0 saturated heterocycles. The summed E-state index contributed by atoms with van der Waals surface area (Å²) < 4.78 is 9.30. The van der Waals surface area contributed by atoms with Crippen LogP contribution in [0.2, 0.25) is 5.02 Å². The highest BCUT2D eigenvalue weighted by atomic mass is 35.5. The van der Waals surface area contributed by atoms with Crippen LogP contribution in [0.3, 0.4) is 0 Å². The van der Waals surface area contributed by atoms with E-state index in [1.807, 2.05) is 54.6 Å². The molecule has 1 N–H and O–H groups in total. The number of allylic oxidation sites excluding steroid dienone is 4. The molecule has 0 unspecified atom stereocenters. The van der Waals surface area contributed by atoms with E-state index in [1.54, 1.807) is 24.3 Å². The van der Waals surface area contributed by atoms with Gasteiger partial charge in [0.1, 0.15) is 0 Å². The monoisotopic (exact) mass is 609 g/mol. The summed E-state index contributed by atoms with van der Waals surface area (Å²) in [6.07, 6.45) is 3.43. The molecule has 1 aliphatic heterocycles. The second kappa shape index (κ2) is 10.1. The van der Waals surface area contributed by atoms with Crippen LogP contribution < -0.4 is 16.1 Å². The van der Waals surface area contributed by atoms with Crippen LogP contribution in [0.25, 0.3) is 5.57 Å². The third-order valence-electron chi connectivity index (χ3n) is 9.43. The summed E-state index contributed by atoms with van der Waals surface area (Å²) in [4.78, 5) is 56.2. The Bertz CT molecular complexity index is 2040. The highest BCUT2D eigenvalue weighted by molar-refractivity contribution is 6.33. The van der Waals surface area contributed by atoms with Gasteiger partial charge in [0.25, 0.3) is 0 Å². The lowest BCUT2D eigenvalue weighted by Gasteiger charge is -2.54. The van der Waals surface area contributed by atoms with Crippen LogP contribution in [0.15, 0.2) is 100 Å². The van der Waals surface area contributed by atoms with Crippen molar-refractivity contribution in [1.29, 1.82) is 0 Å².